The van der Waals surface area contributed by atoms with Crippen LogP contribution in [0.1, 0.15) is 68.6 Å². The minimum Gasteiger partial charge on any atom is -0.355 e. The third kappa shape index (κ3) is 11.7. The first-order chi connectivity index (χ1) is 14.7. The van der Waals surface area contributed by atoms with Crippen LogP contribution in [0.2, 0.25) is 0 Å². The largest absolute Gasteiger partial charge is 0.355 e. The van der Waals surface area contributed by atoms with Crippen molar-refractivity contribution in [2.75, 3.05) is 13.6 Å². The molecule has 0 radical (unpaired) electrons. The maximum Gasteiger partial charge on any atom is 0.0281 e. The Bertz CT molecular complexity index is 764. The molecule has 2 aromatic rings. The number of nitrogens with zero attached hydrogens (tertiary/aromatic N) is 2. The van der Waals surface area contributed by atoms with Gasteiger partial charge in [-0.25, -0.2) is 0 Å². The molecule has 1 heterocycles. The van der Waals surface area contributed by atoms with Gasteiger partial charge in [-0.2, -0.15) is 0 Å². The smallest absolute Gasteiger partial charge is 0.0281 e. The van der Waals surface area contributed by atoms with Crippen LogP contribution in [0.4, 0.5) is 0 Å². The van der Waals surface area contributed by atoms with Crippen LogP contribution >= 0.6 is 17.0 Å². The first kappa shape index (κ1) is 26.9. The fourth-order valence-electron chi connectivity index (χ4n) is 3.40. The van der Waals surface area contributed by atoms with E-state index in [1.54, 1.807) is 0 Å². The number of halogens is 1. The third-order valence-corrected chi connectivity index (χ3v) is 5.22. The molecule has 0 N–H and O–H groups in total. The normalized spacial score (nSPS) is 12.6. The Morgan fingerprint density at radius 2 is 1.52 bits per heavy atom. The molecule has 0 aliphatic carbocycles. The van der Waals surface area contributed by atoms with Crippen LogP contribution in [0.3, 0.4) is 0 Å². The highest BCUT2D eigenvalue weighted by Gasteiger charge is 1.98. The number of allylic oxidation sites excluding steroid dienone is 2. The molecule has 0 saturated carbocycles. The molecule has 2 nitrogen and oxygen atoms in total. The minimum atomic E-state index is 0. The van der Waals surface area contributed by atoms with E-state index in [1.165, 1.54) is 48.8 Å². The first-order valence-electron chi connectivity index (χ1n) is 11.3. The molecule has 3 heteroatoms. The van der Waals surface area contributed by atoms with E-state index in [0.29, 0.717) is 5.92 Å². The van der Waals surface area contributed by atoms with Crippen molar-refractivity contribution >= 4 is 23.2 Å². The SMILES string of the molecule is Br.CC(C)c1ccccc1.CN=Cc1ccc(CCCCCCN2C=CCC=C2)cc1. The molecule has 0 amide bonds. The van der Waals surface area contributed by atoms with E-state index in [0.717, 1.165) is 13.0 Å². The Labute approximate surface area is 200 Å². The van der Waals surface area contributed by atoms with E-state index < -0.39 is 0 Å². The molecule has 3 rings (SSSR count). The molecular weight excluding hydrogens is 444 g/mol. The van der Waals surface area contributed by atoms with Gasteiger partial charge in [-0.1, -0.05) is 93.4 Å². The summed E-state index contributed by atoms with van der Waals surface area (Å²) in [4.78, 5) is 6.32. The Balaban J connectivity index is 0.000000404. The van der Waals surface area contributed by atoms with E-state index >= 15 is 0 Å². The van der Waals surface area contributed by atoms with Gasteiger partial charge in [0.1, 0.15) is 0 Å². The van der Waals surface area contributed by atoms with E-state index in [-0.39, 0.29) is 17.0 Å². The van der Waals surface area contributed by atoms with Gasteiger partial charge in [-0.3, -0.25) is 4.99 Å². The van der Waals surface area contributed by atoms with Gasteiger partial charge in [0.2, 0.25) is 0 Å². The second-order valence-electron chi connectivity index (χ2n) is 8.10. The zero-order chi connectivity index (χ0) is 21.4. The lowest BCUT2D eigenvalue weighted by Crippen LogP contribution is -2.12. The average molecular weight is 484 g/mol. The van der Waals surface area contributed by atoms with Gasteiger partial charge >= 0.3 is 0 Å². The van der Waals surface area contributed by atoms with Crippen LogP contribution in [-0.4, -0.2) is 24.7 Å². The molecule has 168 valence electrons. The monoisotopic (exact) mass is 482 g/mol. The zero-order valence-corrected chi connectivity index (χ0v) is 21.1. The zero-order valence-electron chi connectivity index (χ0n) is 19.4. The topological polar surface area (TPSA) is 15.6 Å². The molecule has 31 heavy (non-hydrogen) atoms. The van der Waals surface area contributed by atoms with E-state index in [9.17, 15) is 0 Å². The van der Waals surface area contributed by atoms with E-state index in [1.807, 2.05) is 19.3 Å². The minimum absolute atomic E-state index is 0. The lowest BCUT2D eigenvalue weighted by atomic mass is 10.0. The quantitative estimate of drug-likeness (QED) is 0.261. The van der Waals surface area contributed by atoms with Crippen molar-refractivity contribution in [1.82, 2.24) is 4.90 Å². The molecule has 1 aliphatic heterocycles. The second kappa shape index (κ2) is 16.5. The summed E-state index contributed by atoms with van der Waals surface area (Å²) in [5.74, 6) is 0.659. The van der Waals surface area contributed by atoms with Gasteiger partial charge in [-0.15, -0.1) is 17.0 Å². The van der Waals surface area contributed by atoms with Crippen LogP contribution in [0.25, 0.3) is 0 Å². The molecule has 0 atom stereocenters. The van der Waals surface area contributed by atoms with Gasteiger partial charge < -0.3 is 4.90 Å². The summed E-state index contributed by atoms with van der Waals surface area (Å²) in [6.07, 6.45) is 18.2. The Morgan fingerprint density at radius 1 is 0.871 bits per heavy atom. The molecule has 0 saturated heterocycles. The summed E-state index contributed by atoms with van der Waals surface area (Å²) in [5.41, 5.74) is 4.03. The van der Waals surface area contributed by atoms with Crippen LogP contribution < -0.4 is 0 Å². The highest BCUT2D eigenvalue weighted by molar-refractivity contribution is 8.93. The highest BCUT2D eigenvalue weighted by Crippen LogP contribution is 2.12. The summed E-state index contributed by atoms with van der Waals surface area (Å²) in [6, 6.07) is 19.3. The fourth-order valence-corrected chi connectivity index (χ4v) is 3.40. The molecule has 0 bridgehead atoms. The van der Waals surface area contributed by atoms with Crippen LogP contribution in [0.15, 0.2) is 84.1 Å². The number of unbranched alkanes of at least 4 members (excludes halogenated alkanes) is 3. The van der Waals surface area contributed by atoms with Crippen molar-refractivity contribution in [3.63, 3.8) is 0 Å². The highest BCUT2D eigenvalue weighted by atomic mass is 79.9. The van der Waals surface area contributed by atoms with E-state index in [4.69, 9.17) is 0 Å². The summed E-state index contributed by atoms with van der Waals surface area (Å²) < 4.78 is 0. The predicted molar refractivity (Wildman–Crippen MR) is 143 cm³/mol. The predicted octanol–water partition coefficient (Wildman–Crippen LogP) is 7.96. The Morgan fingerprint density at radius 3 is 2.10 bits per heavy atom. The van der Waals surface area contributed by atoms with Crippen molar-refractivity contribution in [2.24, 2.45) is 4.99 Å². The van der Waals surface area contributed by atoms with Gasteiger partial charge in [-0.05, 0) is 60.7 Å². The fraction of sp³-hybridized carbons (Fsp3) is 0.393. The third-order valence-electron chi connectivity index (χ3n) is 5.22. The van der Waals surface area contributed by atoms with Crippen LogP contribution in [0.5, 0.6) is 0 Å². The number of benzene rings is 2. The molecule has 1 aliphatic rings. The van der Waals surface area contributed by atoms with Gasteiger partial charge in [0, 0.05) is 19.8 Å². The summed E-state index contributed by atoms with van der Waals surface area (Å²) in [5, 5.41) is 0. The molecule has 0 unspecified atom stereocenters. The molecule has 0 fully saturated rings. The van der Waals surface area contributed by atoms with Crippen molar-refractivity contribution in [3.05, 3.63) is 95.8 Å². The van der Waals surface area contributed by atoms with Crippen molar-refractivity contribution in [2.45, 2.75) is 58.3 Å². The van der Waals surface area contributed by atoms with Crippen LogP contribution in [0, 0.1) is 0 Å². The van der Waals surface area contributed by atoms with Crippen molar-refractivity contribution in [1.29, 1.82) is 0 Å². The summed E-state index contributed by atoms with van der Waals surface area (Å²) in [7, 11) is 1.81. The standard InChI is InChI=1S/C19H26N2.C9H12.BrH/c1-20-17-19-12-10-18(11-13-19)9-5-2-3-6-14-21-15-7-4-8-16-21;1-8(2)9-6-4-3-5-7-9;/h7-8,10-13,15-17H,2-6,9,14H2,1H3;3-8H,1-2H3;1H. The lowest BCUT2D eigenvalue weighted by Gasteiger charge is -2.17. The Hall–Kier alpha value is -2.13. The molecular formula is C28H39BrN2. The van der Waals surface area contributed by atoms with Gasteiger partial charge in [0.25, 0.3) is 0 Å². The maximum atomic E-state index is 4.03. The van der Waals surface area contributed by atoms with Crippen molar-refractivity contribution in [3.8, 4) is 0 Å². The molecule has 0 aromatic heterocycles. The van der Waals surface area contributed by atoms with Gasteiger partial charge in [0.05, 0.1) is 0 Å². The number of aryl methyl sites for hydroxylation is 1. The average Bonchev–Trinajstić information content (AvgIpc) is 2.79. The van der Waals surface area contributed by atoms with Gasteiger partial charge in [0.15, 0.2) is 0 Å². The number of aliphatic imine (C=N–C) groups is 1. The Kier molecular flexibility index (Phi) is 14.4. The molecule has 0 spiro atoms. The number of hydrogen-bond acceptors (Lipinski definition) is 2. The second-order valence-corrected chi connectivity index (χ2v) is 8.10. The summed E-state index contributed by atoms with van der Waals surface area (Å²) >= 11 is 0. The van der Waals surface area contributed by atoms with Crippen LogP contribution in [-0.2, 0) is 6.42 Å². The first-order valence-corrected chi connectivity index (χ1v) is 11.3. The number of rotatable bonds is 9. The summed E-state index contributed by atoms with van der Waals surface area (Å²) in [6.45, 7) is 5.56. The number of hydrogen-bond donors (Lipinski definition) is 0. The van der Waals surface area contributed by atoms with E-state index in [2.05, 4.69) is 96.8 Å². The molecule has 2 aromatic carbocycles. The lowest BCUT2D eigenvalue weighted by molar-refractivity contribution is 0.463. The van der Waals surface area contributed by atoms with Crippen molar-refractivity contribution < 1.29 is 0 Å². The maximum absolute atomic E-state index is 4.03.